The third kappa shape index (κ3) is 4.39. The molecule has 1 atom stereocenters. The Morgan fingerprint density at radius 2 is 1.62 bits per heavy atom. The first-order valence-electron chi connectivity index (χ1n) is 8.15. The average molecular weight is 324 g/mol. The van der Waals surface area contributed by atoms with Crippen molar-refractivity contribution in [3.05, 3.63) is 70.8 Å². The van der Waals surface area contributed by atoms with Gasteiger partial charge in [0, 0.05) is 11.5 Å². The van der Waals surface area contributed by atoms with E-state index in [1.54, 1.807) is 12.1 Å². The number of carbonyl (C=O) groups excluding carboxylic acids is 2. The maximum absolute atomic E-state index is 11.3. The molecule has 2 rings (SSSR count). The molecule has 0 fully saturated rings. The first-order valence-corrected chi connectivity index (χ1v) is 8.15. The second-order valence-corrected chi connectivity index (χ2v) is 7.13. The molecule has 24 heavy (non-hydrogen) atoms. The Hall–Kier alpha value is -2.26. The van der Waals surface area contributed by atoms with Gasteiger partial charge in [-0.05, 0) is 28.5 Å². The van der Waals surface area contributed by atoms with E-state index in [2.05, 4.69) is 45.0 Å². The van der Waals surface area contributed by atoms with Gasteiger partial charge in [-0.2, -0.15) is 0 Å². The molecule has 1 N–H and O–H groups in total. The second-order valence-electron chi connectivity index (χ2n) is 7.13. The summed E-state index contributed by atoms with van der Waals surface area (Å²) in [5.41, 5.74) is 3.88. The molecular formula is C21H24O3. The molecule has 0 heterocycles. The van der Waals surface area contributed by atoms with Gasteiger partial charge in [-0.3, -0.25) is 9.59 Å². The molecule has 0 saturated carbocycles. The number of hydrogen-bond donors (Lipinski definition) is 1. The Labute approximate surface area is 143 Å². The van der Waals surface area contributed by atoms with Crippen LogP contribution in [-0.2, 0) is 16.6 Å². The van der Waals surface area contributed by atoms with Crippen LogP contribution in [0.15, 0.2) is 48.5 Å². The van der Waals surface area contributed by atoms with Gasteiger partial charge in [0.15, 0.2) is 6.29 Å². The highest BCUT2D eigenvalue weighted by molar-refractivity contribution is 6.33. The lowest BCUT2D eigenvalue weighted by Gasteiger charge is -2.21. The van der Waals surface area contributed by atoms with Crippen molar-refractivity contribution < 1.29 is 14.7 Å². The van der Waals surface area contributed by atoms with Gasteiger partial charge in [-0.15, -0.1) is 0 Å². The molecule has 1 unspecified atom stereocenters. The quantitative estimate of drug-likeness (QED) is 0.501. The monoisotopic (exact) mass is 324 g/mol. The van der Waals surface area contributed by atoms with Crippen molar-refractivity contribution >= 4 is 12.1 Å². The van der Waals surface area contributed by atoms with Gasteiger partial charge >= 0.3 is 0 Å². The second kappa shape index (κ2) is 7.54. The van der Waals surface area contributed by atoms with Gasteiger partial charge in [-0.25, -0.2) is 0 Å². The van der Waals surface area contributed by atoms with Crippen LogP contribution < -0.4 is 0 Å². The van der Waals surface area contributed by atoms with E-state index in [1.165, 1.54) is 5.56 Å². The lowest BCUT2D eigenvalue weighted by Crippen LogP contribution is -2.12. The Bertz CT molecular complexity index is 691. The van der Waals surface area contributed by atoms with Crippen molar-refractivity contribution in [2.45, 2.75) is 38.5 Å². The van der Waals surface area contributed by atoms with Crippen molar-refractivity contribution in [3.8, 4) is 0 Å². The fraction of sp³-hybridized carbons (Fsp3) is 0.333. The van der Waals surface area contributed by atoms with E-state index in [4.69, 9.17) is 0 Å². The van der Waals surface area contributed by atoms with E-state index in [-0.39, 0.29) is 17.9 Å². The molecule has 0 aliphatic heterocycles. The summed E-state index contributed by atoms with van der Waals surface area (Å²) in [5.74, 6) is -0.510. The fourth-order valence-corrected chi connectivity index (χ4v) is 2.70. The molecule has 2 aromatic carbocycles. The summed E-state index contributed by atoms with van der Waals surface area (Å²) >= 11 is 0. The van der Waals surface area contributed by atoms with Gasteiger partial charge in [0.1, 0.15) is 0 Å². The lowest BCUT2D eigenvalue weighted by atomic mass is 9.85. The number of Topliss-reactive ketones (excluding diaryl/α,β-unsaturated/α-hetero) is 1. The van der Waals surface area contributed by atoms with Gasteiger partial charge < -0.3 is 5.11 Å². The Kier molecular flexibility index (Phi) is 5.68. The third-order valence-corrected chi connectivity index (χ3v) is 4.30. The molecular weight excluding hydrogens is 300 g/mol. The van der Waals surface area contributed by atoms with Gasteiger partial charge in [0.05, 0.1) is 6.61 Å². The van der Waals surface area contributed by atoms with Crippen LogP contribution in [0.25, 0.3) is 0 Å². The molecule has 0 aromatic heterocycles. The van der Waals surface area contributed by atoms with Gasteiger partial charge in [0.25, 0.3) is 0 Å². The predicted octanol–water partition coefficient (Wildman–Crippen LogP) is 3.68. The smallest absolute Gasteiger partial charge is 0.225 e. The van der Waals surface area contributed by atoms with Crippen LogP contribution in [0.5, 0.6) is 0 Å². The maximum Gasteiger partial charge on any atom is 0.225 e. The molecule has 0 saturated heterocycles. The third-order valence-electron chi connectivity index (χ3n) is 4.30. The van der Waals surface area contributed by atoms with Crippen LogP contribution in [0.3, 0.4) is 0 Å². The van der Waals surface area contributed by atoms with Crippen LogP contribution in [0.4, 0.5) is 0 Å². The number of carbonyl (C=O) groups is 2. The molecule has 3 nitrogen and oxygen atoms in total. The molecule has 0 bridgehead atoms. The molecule has 3 heteroatoms. The highest BCUT2D eigenvalue weighted by Crippen LogP contribution is 2.26. The highest BCUT2D eigenvalue weighted by atomic mass is 16.3. The molecule has 0 amide bonds. The summed E-state index contributed by atoms with van der Waals surface area (Å²) in [5, 5.41) is 9.75. The van der Waals surface area contributed by atoms with Gasteiger partial charge in [-0.1, -0.05) is 69.3 Å². The van der Waals surface area contributed by atoms with E-state index in [1.807, 2.05) is 12.1 Å². The summed E-state index contributed by atoms with van der Waals surface area (Å²) in [7, 11) is 0. The van der Waals surface area contributed by atoms with Crippen LogP contribution >= 0.6 is 0 Å². The summed E-state index contributed by atoms with van der Waals surface area (Å²) in [4.78, 5) is 21.8. The largest absolute Gasteiger partial charge is 0.396 e. The minimum absolute atomic E-state index is 0.00615. The van der Waals surface area contributed by atoms with E-state index < -0.39 is 5.78 Å². The van der Waals surface area contributed by atoms with E-state index in [0.717, 1.165) is 11.1 Å². The zero-order chi connectivity index (χ0) is 17.7. The zero-order valence-corrected chi connectivity index (χ0v) is 14.5. The van der Waals surface area contributed by atoms with Crippen LogP contribution in [0, 0.1) is 0 Å². The number of benzene rings is 2. The Morgan fingerprint density at radius 3 is 2.08 bits per heavy atom. The highest BCUT2D eigenvalue weighted by Gasteiger charge is 2.16. The fourth-order valence-electron chi connectivity index (χ4n) is 2.70. The number of rotatable bonds is 6. The van der Waals surface area contributed by atoms with Crippen molar-refractivity contribution in [1.82, 2.24) is 0 Å². The van der Waals surface area contributed by atoms with Gasteiger partial charge in [0.2, 0.25) is 5.78 Å². The average Bonchev–Trinajstić information content (AvgIpc) is 2.59. The molecule has 0 radical (unpaired) electrons. The molecule has 0 aliphatic carbocycles. The number of aldehydes is 1. The van der Waals surface area contributed by atoms with E-state index >= 15 is 0 Å². The van der Waals surface area contributed by atoms with E-state index in [9.17, 15) is 14.7 Å². The lowest BCUT2D eigenvalue weighted by molar-refractivity contribution is -0.104. The normalized spacial score (nSPS) is 12.7. The van der Waals surface area contributed by atoms with Crippen molar-refractivity contribution in [3.63, 3.8) is 0 Å². The molecule has 0 aliphatic rings. The van der Waals surface area contributed by atoms with Crippen molar-refractivity contribution in [2.75, 3.05) is 6.61 Å². The SMILES string of the molecule is CC(C)(C)c1ccc(C(CO)Cc2ccc(C(=O)C=O)cc2)cc1. The van der Waals surface area contributed by atoms with Crippen LogP contribution in [-0.4, -0.2) is 23.8 Å². The van der Waals surface area contributed by atoms with Crippen molar-refractivity contribution in [1.29, 1.82) is 0 Å². The summed E-state index contributed by atoms with van der Waals surface area (Å²) < 4.78 is 0. The first kappa shape index (κ1) is 18.1. The number of hydrogen-bond acceptors (Lipinski definition) is 3. The van der Waals surface area contributed by atoms with Crippen LogP contribution in [0.2, 0.25) is 0 Å². The zero-order valence-electron chi connectivity index (χ0n) is 14.5. The molecule has 126 valence electrons. The van der Waals surface area contributed by atoms with Crippen molar-refractivity contribution in [2.24, 2.45) is 0 Å². The minimum Gasteiger partial charge on any atom is -0.396 e. The summed E-state index contributed by atoms with van der Waals surface area (Å²) in [6.07, 6.45) is 1.00. The number of ketones is 1. The summed E-state index contributed by atoms with van der Waals surface area (Å²) in [6, 6.07) is 15.4. The number of aliphatic hydroxyl groups is 1. The first-order chi connectivity index (χ1) is 11.3. The number of aliphatic hydroxyl groups excluding tert-OH is 1. The molecule has 2 aromatic rings. The predicted molar refractivity (Wildman–Crippen MR) is 95.5 cm³/mol. The minimum atomic E-state index is -0.516. The molecule has 0 spiro atoms. The summed E-state index contributed by atoms with van der Waals surface area (Å²) in [6.45, 7) is 6.58. The topological polar surface area (TPSA) is 54.4 Å². The standard InChI is InChI=1S/C21H24O3/c1-21(2,3)19-10-8-16(9-11-19)18(13-22)12-15-4-6-17(7-5-15)20(24)14-23/h4-11,14,18,22H,12-13H2,1-3H3. The van der Waals surface area contributed by atoms with Crippen LogP contribution in [0.1, 0.15) is 53.7 Å². The Balaban J connectivity index is 2.14. The van der Waals surface area contributed by atoms with E-state index in [0.29, 0.717) is 18.3 Å². The Morgan fingerprint density at radius 1 is 1.04 bits per heavy atom. The maximum atomic E-state index is 11.3.